The van der Waals surface area contributed by atoms with Crippen LogP contribution in [0.4, 0.5) is 5.69 Å². The molecule has 0 bridgehead atoms. The number of hydrogen-bond donors (Lipinski definition) is 1. The van der Waals surface area contributed by atoms with E-state index < -0.39 is 18.3 Å². The Balaban J connectivity index is 1.78. The first-order chi connectivity index (χ1) is 11.7. The lowest BCUT2D eigenvalue weighted by Crippen LogP contribution is -2.48. The van der Waals surface area contributed by atoms with Crippen molar-refractivity contribution in [2.75, 3.05) is 11.9 Å². The SMILES string of the molecule is CCOC(=O)C1Oc2ccc(Cl)cc2NC1OCc1ccccc1. The lowest BCUT2D eigenvalue weighted by atomic mass is 10.2. The maximum absolute atomic E-state index is 12.2. The van der Waals surface area contributed by atoms with Gasteiger partial charge in [-0.3, -0.25) is 0 Å². The molecule has 2 unspecified atom stereocenters. The normalized spacial score (nSPS) is 18.9. The van der Waals surface area contributed by atoms with Crippen LogP contribution in [-0.2, 0) is 20.9 Å². The van der Waals surface area contributed by atoms with E-state index in [4.69, 9.17) is 25.8 Å². The van der Waals surface area contributed by atoms with Crippen molar-refractivity contribution in [2.45, 2.75) is 25.9 Å². The Morgan fingerprint density at radius 3 is 2.79 bits per heavy atom. The summed E-state index contributed by atoms with van der Waals surface area (Å²) in [6, 6.07) is 14.9. The van der Waals surface area contributed by atoms with Gasteiger partial charge in [-0.25, -0.2) is 4.79 Å². The molecule has 5 nitrogen and oxygen atoms in total. The lowest BCUT2D eigenvalue weighted by molar-refractivity contribution is -0.159. The molecule has 0 aromatic heterocycles. The molecule has 0 amide bonds. The van der Waals surface area contributed by atoms with Gasteiger partial charge in [-0.15, -0.1) is 0 Å². The maximum atomic E-state index is 12.2. The Bertz CT molecular complexity index is 707. The van der Waals surface area contributed by atoms with Crippen LogP contribution >= 0.6 is 11.6 Å². The van der Waals surface area contributed by atoms with E-state index in [-0.39, 0.29) is 6.61 Å². The number of ether oxygens (including phenoxy) is 3. The van der Waals surface area contributed by atoms with Crippen LogP contribution in [0.1, 0.15) is 12.5 Å². The summed E-state index contributed by atoms with van der Waals surface area (Å²) < 4.78 is 16.7. The van der Waals surface area contributed by atoms with E-state index in [1.807, 2.05) is 30.3 Å². The van der Waals surface area contributed by atoms with Crippen molar-refractivity contribution in [1.29, 1.82) is 0 Å². The smallest absolute Gasteiger partial charge is 0.352 e. The van der Waals surface area contributed by atoms with Gasteiger partial charge < -0.3 is 19.5 Å². The second-order valence-corrected chi connectivity index (χ2v) is 5.73. The second kappa shape index (κ2) is 7.55. The predicted octanol–water partition coefficient (Wildman–Crippen LogP) is 3.62. The molecule has 0 saturated heterocycles. The Kier molecular flexibility index (Phi) is 5.23. The molecule has 0 fully saturated rings. The second-order valence-electron chi connectivity index (χ2n) is 5.29. The van der Waals surface area contributed by atoms with E-state index in [0.29, 0.717) is 23.1 Å². The van der Waals surface area contributed by atoms with Crippen LogP contribution in [0, 0.1) is 0 Å². The van der Waals surface area contributed by atoms with Gasteiger partial charge in [0.2, 0.25) is 6.10 Å². The molecule has 0 radical (unpaired) electrons. The summed E-state index contributed by atoms with van der Waals surface area (Å²) in [5, 5.41) is 3.74. The summed E-state index contributed by atoms with van der Waals surface area (Å²) in [4.78, 5) is 12.2. The Morgan fingerprint density at radius 2 is 2.04 bits per heavy atom. The summed E-state index contributed by atoms with van der Waals surface area (Å²) in [5.41, 5.74) is 1.68. The third-order valence-corrected chi connectivity index (χ3v) is 3.79. The first-order valence-corrected chi connectivity index (χ1v) is 8.10. The molecule has 1 N–H and O–H groups in total. The van der Waals surface area contributed by atoms with Crippen LogP contribution < -0.4 is 10.1 Å². The molecule has 126 valence electrons. The number of carbonyl (C=O) groups is 1. The number of halogens is 1. The van der Waals surface area contributed by atoms with Crippen LogP contribution in [0.2, 0.25) is 5.02 Å². The van der Waals surface area contributed by atoms with Gasteiger partial charge in [-0.05, 0) is 30.7 Å². The van der Waals surface area contributed by atoms with Crippen LogP contribution in [0.3, 0.4) is 0 Å². The highest BCUT2D eigenvalue weighted by molar-refractivity contribution is 6.30. The number of hydrogen-bond acceptors (Lipinski definition) is 5. The predicted molar refractivity (Wildman–Crippen MR) is 91.1 cm³/mol. The minimum Gasteiger partial charge on any atom is -0.472 e. The molecular weight excluding hydrogens is 330 g/mol. The molecule has 1 aliphatic heterocycles. The van der Waals surface area contributed by atoms with Gasteiger partial charge in [0.15, 0.2) is 6.23 Å². The topological polar surface area (TPSA) is 56.8 Å². The van der Waals surface area contributed by atoms with E-state index in [0.717, 1.165) is 5.56 Å². The van der Waals surface area contributed by atoms with Crippen LogP contribution in [0.25, 0.3) is 0 Å². The zero-order chi connectivity index (χ0) is 16.9. The van der Waals surface area contributed by atoms with Gasteiger partial charge in [0.05, 0.1) is 18.9 Å². The quantitative estimate of drug-likeness (QED) is 0.837. The van der Waals surface area contributed by atoms with Gasteiger partial charge >= 0.3 is 5.97 Å². The van der Waals surface area contributed by atoms with Gasteiger partial charge in [-0.2, -0.15) is 0 Å². The molecule has 2 aromatic carbocycles. The van der Waals surface area contributed by atoms with Crippen molar-refractivity contribution in [2.24, 2.45) is 0 Å². The zero-order valence-corrected chi connectivity index (χ0v) is 14.0. The summed E-state index contributed by atoms with van der Waals surface area (Å²) in [7, 11) is 0. The van der Waals surface area contributed by atoms with Crippen molar-refractivity contribution in [3.63, 3.8) is 0 Å². The van der Waals surface area contributed by atoms with Crippen molar-refractivity contribution in [3.05, 3.63) is 59.1 Å². The largest absolute Gasteiger partial charge is 0.472 e. The minimum absolute atomic E-state index is 0.275. The average molecular weight is 348 g/mol. The number of anilines is 1. The Hall–Kier alpha value is -2.24. The molecule has 0 aliphatic carbocycles. The summed E-state index contributed by atoms with van der Waals surface area (Å²) in [6.45, 7) is 2.37. The van der Waals surface area contributed by atoms with Crippen molar-refractivity contribution in [3.8, 4) is 5.75 Å². The molecule has 2 atom stereocenters. The molecule has 0 saturated carbocycles. The Labute approximate surface area is 145 Å². The first kappa shape index (κ1) is 16.6. The van der Waals surface area contributed by atoms with E-state index >= 15 is 0 Å². The third-order valence-electron chi connectivity index (χ3n) is 3.56. The molecule has 1 heterocycles. The van der Waals surface area contributed by atoms with E-state index in [2.05, 4.69) is 5.32 Å². The molecule has 2 aromatic rings. The summed E-state index contributed by atoms with van der Waals surface area (Å²) in [5.74, 6) is 0.0701. The third kappa shape index (κ3) is 3.80. The minimum atomic E-state index is -0.887. The van der Waals surface area contributed by atoms with Crippen LogP contribution in [-0.4, -0.2) is 24.9 Å². The van der Waals surface area contributed by atoms with Crippen molar-refractivity contribution >= 4 is 23.3 Å². The van der Waals surface area contributed by atoms with Crippen molar-refractivity contribution in [1.82, 2.24) is 0 Å². The molecular formula is C18H18ClNO4. The first-order valence-electron chi connectivity index (χ1n) is 7.72. The van der Waals surface area contributed by atoms with Gasteiger partial charge in [0.25, 0.3) is 0 Å². The highest BCUT2D eigenvalue weighted by Gasteiger charge is 2.37. The zero-order valence-electron chi connectivity index (χ0n) is 13.2. The number of carbonyl (C=O) groups excluding carboxylic acids is 1. The highest BCUT2D eigenvalue weighted by Crippen LogP contribution is 2.34. The monoisotopic (exact) mass is 347 g/mol. The van der Waals surface area contributed by atoms with Gasteiger partial charge in [0.1, 0.15) is 5.75 Å². The number of benzene rings is 2. The standard InChI is InChI=1S/C18H18ClNO4/c1-2-22-18(21)16-17(23-11-12-6-4-3-5-7-12)20-14-10-13(19)8-9-15(14)24-16/h3-10,16-17,20H,2,11H2,1H3. The number of fused-ring (bicyclic) bond motifs is 1. The maximum Gasteiger partial charge on any atom is 0.352 e. The Morgan fingerprint density at radius 1 is 1.25 bits per heavy atom. The van der Waals surface area contributed by atoms with Gasteiger partial charge in [0, 0.05) is 5.02 Å². The average Bonchev–Trinajstić information content (AvgIpc) is 2.60. The fourth-order valence-corrected chi connectivity index (χ4v) is 2.60. The lowest BCUT2D eigenvalue weighted by Gasteiger charge is -2.33. The fraction of sp³-hybridized carbons (Fsp3) is 0.278. The number of rotatable bonds is 5. The molecule has 0 spiro atoms. The van der Waals surface area contributed by atoms with E-state index in [1.165, 1.54) is 0 Å². The summed E-state index contributed by atoms with van der Waals surface area (Å²) in [6.07, 6.45) is -1.56. The van der Waals surface area contributed by atoms with E-state index in [1.54, 1.807) is 25.1 Å². The van der Waals surface area contributed by atoms with Crippen LogP contribution in [0.5, 0.6) is 5.75 Å². The molecule has 6 heteroatoms. The van der Waals surface area contributed by atoms with Gasteiger partial charge in [-0.1, -0.05) is 41.9 Å². The summed E-state index contributed by atoms with van der Waals surface area (Å²) >= 11 is 6.02. The fourth-order valence-electron chi connectivity index (χ4n) is 2.43. The molecule has 24 heavy (non-hydrogen) atoms. The van der Waals surface area contributed by atoms with Crippen molar-refractivity contribution < 1.29 is 19.0 Å². The number of nitrogens with one attached hydrogen (secondary N) is 1. The van der Waals surface area contributed by atoms with Crippen LogP contribution in [0.15, 0.2) is 48.5 Å². The van der Waals surface area contributed by atoms with E-state index in [9.17, 15) is 4.79 Å². The number of esters is 1. The molecule has 3 rings (SSSR count). The molecule has 1 aliphatic rings. The highest BCUT2D eigenvalue weighted by atomic mass is 35.5.